The van der Waals surface area contributed by atoms with Gasteiger partial charge in [-0.3, -0.25) is 9.62 Å². The molecule has 0 bridgehead atoms. The van der Waals surface area contributed by atoms with Gasteiger partial charge in [0.05, 0.1) is 18.0 Å². The first kappa shape index (κ1) is 21.3. The van der Waals surface area contributed by atoms with Gasteiger partial charge in [0.2, 0.25) is 10.0 Å². The molecule has 0 saturated carbocycles. The molecule has 1 aromatic heterocycles. The van der Waals surface area contributed by atoms with Crippen LogP contribution in [0.3, 0.4) is 0 Å². The molecule has 9 heteroatoms. The summed E-state index contributed by atoms with van der Waals surface area (Å²) in [4.78, 5) is 19.2. The van der Waals surface area contributed by atoms with E-state index in [1.165, 1.54) is 11.3 Å². The molecular weight excluding hydrogens is 434 g/mol. The first-order chi connectivity index (χ1) is 14.9. The van der Waals surface area contributed by atoms with Gasteiger partial charge in [-0.05, 0) is 30.5 Å². The van der Waals surface area contributed by atoms with Crippen LogP contribution in [0.1, 0.15) is 29.5 Å². The topological polar surface area (TPSA) is 88.6 Å². The molecule has 1 amide bonds. The SMILES string of the molecule is CS(=O)(=O)Nc1ccc(-c2csc([C@H]3CCCN3C(=O)OCc3ccccc3)n2)cc1. The van der Waals surface area contributed by atoms with Crippen molar-refractivity contribution < 1.29 is 17.9 Å². The van der Waals surface area contributed by atoms with Gasteiger partial charge in [-0.1, -0.05) is 42.5 Å². The fraction of sp³-hybridized carbons (Fsp3) is 0.273. The Morgan fingerprint density at radius 1 is 1.19 bits per heavy atom. The molecule has 31 heavy (non-hydrogen) atoms. The summed E-state index contributed by atoms with van der Waals surface area (Å²) in [5.74, 6) is 0. The molecule has 0 aliphatic carbocycles. The largest absolute Gasteiger partial charge is 0.445 e. The zero-order chi connectivity index (χ0) is 21.8. The number of ether oxygens (including phenoxy) is 1. The minimum absolute atomic E-state index is 0.0896. The minimum atomic E-state index is -3.31. The number of hydrogen-bond acceptors (Lipinski definition) is 6. The molecule has 1 atom stereocenters. The van der Waals surface area contributed by atoms with Crippen LogP contribution in [0.4, 0.5) is 10.5 Å². The molecular formula is C22H23N3O4S2. The minimum Gasteiger partial charge on any atom is -0.445 e. The molecule has 2 aromatic carbocycles. The maximum Gasteiger partial charge on any atom is 0.410 e. The predicted molar refractivity (Wildman–Crippen MR) is 121 cm³/mol. The second kappa shape index (κ2) is 9.07. The van der Waals surface area contributed by atoms with Crippen LogP contribution >= 0.6 is 11.3 Å². The lowest BCUT2D eigenvalue weighted by atomic mass is 10.1. The van der Waals surface area contributed by atoms with Crippen molar-refractivity contribution in [1.29, 1.82) is 0 Å². The third-order valence-electron chi connectivity index (χ3n) is 4.98. The van der Waals surface area contributed by atoms with Crippen LogP contribution in [0.15, 0.2) is 60.0 Å². The van der Waals surface area contributed by atoms with E-state index in [-0.39, 0.29) is 18.7 Å². The number of carbonyl (C=O) groups is 1. The quantitative estimate of drug-likeness (QED) is 0.582. The van der Waals surface area contributed by atoms with Crippen molar-refractivity contribution in [3.8, 4) is 11.3 Å². The first-order valence-corrected chi connectivity index (χ1v) is 12.7. The fourth-order valence-corrected chi connectivity index (χ4v) is 5.08. The van der Waals surface area contributed by atoms with Crippen LogP contribution in [0.25, 0.3) is 11.3 Å². The third-order valence-corrected chi connectivity index (χ3v) is 6.54. The van der Waals surface area contributed by atoms with E-state index < -0.39 is 10.0 Å². The zero-order valence-corrected chi connectivity index (χ0v) is 18.7. The number of nitrogens with one attached hydrogen (secondary N) is 1. The second-order valence-electron chi connectivity index (χ2n) is 7.41. The molecule has 7 nitrogen and oxygen atoms in total. The van der Waals surface area contributed by atoms with E-state index in [4.69, 9.17) is 9.72 Å². The number of anilines is 1. The average Bonchev–Trinajstić information content (AvgIpc) is 3.42. The molecule has 0 unspecified atom stereocenters. The Kier molecular flexibility index (Phi) is 6.24. The molecule has 162 valence electrons. The molecule has 1 aliphatic rings. The average molecular weight is 458 g/mol. The molecule has 0 radical (unpaired) electrons. The lowest BCUT2D eigenvalue weighted by Crippen LogP contribution is -2.31. The summed E-state index contributed by atoms with van der Waals surface area (Å²) in [6.07, 6.45) is 2.56. The molecule has 2 heterocycles. The van der Waals surface area contributed by atoms with Crippen LogP contribution in [0, 0.1) is 0 Å². The van der Waals surface area contributed by atoms with E-state index in [2.05, 4.69) is 4.72 Å². The van der Waals surface area contributed by atoms with Crippen LogP contribution in [0.5, 0.6) is 0 Å². The Bertz CT molecular complexity index is 1150. The van der Waals surface area contributed by atoms with Gasteiger partial charge < -0.3 is 4.74 Å². The van der Waals surface area contributed by atoms with Gasteiger partial charge in [0.15, 0.2) is 0 Å². The normalized spacial score (nSPS) is 16.3. The number of aromatic nitrogens is 1. The number of sulfonamides is 1. The van der Waals surface area contributed by atoms with E-state index in [0.717, 1.165) is 40.9 Å². The summed E-state index contributed by atoms with van der Waals surface area (Å²) in [7, 11) is -3.31. The van der Waals surface area contributed by atoms with Crippen molar-refractivity contribution in [2.45, 2.75) is 25.5 Å². The number of nitrogens with zero attached hydrogens (tertiary/aromatic N) is 2. The van der Waals surface area contributed by atoms with Gasteiger partial charge in [0, 0.05) is 23.2 Å². The molecule has 1 aliphatic heterocycles. The standard InChI is InChI=1S/C22H23N3O4S2/c1-31(27,28)24-18-11-9-17(10-12-18)19-15-30-21(23-19)20-8-5-13-25(20)22(26)29-14-16-6-3-2-4-7-16/h2-4,6-7,9-12,15,20,24H,5,8,13-14H2,1H3/t20-/m1/s1. The highest BCUT2D eigenvalue weighted by molar-refractivity contribution is 7.92. The van der Waals surface area contributed by atoms with Crippen LogP contribution in [-0.4, -0.2) is 37.2 Å². The van der Waals surface area contributed by atoms with E-state index in [0.29, 0.717) is 12.2 Å². The summed E-state index contributed by atoms with van der Waals surface area (Å²) in [5, 5.41) is 2.84. The Morgan fingerprint density at radius 2 is 1.94 bits per heavy atom. The summed E-state index contributed by atoms with van der Waals surface area (Å²) >= 11 is 1.52. The maximum absolute atomic E-state index is 12.7. The van der Waals surface area contributed by atoms with Gasteiger partial charge in [-0.15, -0.1) is 11.3 Å². The van der Waals surface area contributed by atoms with Gasteiger partial charge in [0.1, 0.15) is 11.6 Å². The molecule has 1 N–H and O–H groups in total. The number of carbonyl (C=O) groups excluding carboxylic acids is 1. The number of rotatable bonds is 6. The number of benzene rings is 2. The Hall–Kier alpha value is -2.91. The van der Waals surface area contributed by atoms with Gasteiger partial charge in [-0.25, -0.2) is 18.2 Å². The van der Waals surface area contributed by atoms with Crippen LogP contribution in [0.2, 0.25) is 0 Å². The zero-order valence-electron chi connectivity index (χ0n) is 17.0. The van der Waals surface area contributed by atoms with Crippen molar-refractivity contribution in [1.82, 2.24) is 9.88 Å². The molecule has 1 saturated heterocycles. The number of likely N-dealkylation sites (tertiary alicyclic amines) is 1. The lowest BCUT2D eigenvalue weighted by Gasteiger charge is -2.22. The van der Waals surface area contributed by atoms with Crippen LogP contribution in [-0.2, 0) is 21.4 Å². The maximum atomic E-state index is 12.7. The smallest absolute Gasteiger partial charge is 0.410 e. The number of thiazole rings is 1. The van der Waals surface area contributed by atoms with E-state index >= 15 is 0 Å². The molecule has 3 aromatic rings. The second-order valence-corrected chi connectivity index (χ2v) is 10.1. The number of amides is 1. The van der Waals surface area contributed by atoms with Gasteiger partial charge in [0.25, 0.3) is 0 Å². The number of hydrogen-bond donors (Lipinski definition) is 1. The monoisotopic (exact) mass is 457 g/mol. The summed E-state index contributed by atoms with van der Waals surface area (Å²) < 4.78 is 30.7. The first-order valence-electron chi connectivity index (χ1n) is 9.90. The Balaban J connectivity index is 1.43. The Morgan fingerprint density at radius 3 is 2.65 bits per heavy atom. The van der Waals surface area contributed by atoms with Crippen molar-refractivity contribution in [3.05, 3.63) is 70.5 Å². The highest BCUT2D eigenvalue weighted by Gasteiger charge is 2.33. The van der Waals surface area contributed by atoms with Crippen molar-refractivity contribution >= 4 is 33.1 Å². The van der Waals surface area contributed by atoms with Crippen molar-refractivity contribution in [2.75, 3.05) is 17.5 Å². The summed E-state index contributed by atoms with van der Waals surface area (Å²) in [5.41, 5.74) is 3.15. The molecule has 1 fully saturated rings. The van der Waals surface area contributed by atoms with E-state index in [1.54, 1.807) is 17.0 Å². The molecule has 4 rings (SSSR count). The van der Waals surface area contributed by atoms with Gasteiger partial charge >= 0.3 is 6.09 Å². The highest BCUT2D eigenvalue weighted by atomic mass is 32.2. The summed E-state index contributed by atoms with van der Waals surface area (Å²) in [6.45, 7) is 0.902. The van der Waals surface area contributed by atoms with Crippen molar-refractivity contribution in [2.24, 2.45) is 0 Å². The predicted octanol–water partition coefficient (Wildman–Crippen LogP) is 4.66. The van der Waals surface area contributed by atoms with Crippen LogP contribution < -0.4 is 4.72 Å². The fourth-order valence-electron chi connectivity index (χ4n) is 3.54. The van der Waals surface area contributed by atoms with E-state index in [9.17, 15) is 13.2 Å². The highest BCUT2D eigenvalue weighted by Crippen LogP contribution is 2.36. The van der Waals surface area contributed by atoms with E-state index in [1.807, 2.05) is 47.8 Å². The lowest BCUT2D eigenvalue weighted by molar-refractivity contribution is 0.0920. The molecule has 0 spiro atoms. The Labute approximate surface area is 185 Å². The van der Waals surface area contributed by atoms with Gasteiger partial charge in [-0.2, -0.15) is 0 Å². The third kappa shape index (κ3) is 5.42. The van der Waals surface area contributed by atoms with Crippen molar-refractivity contribution in [3.63, 3.8) is 0 Å². The summed E-state index contributed by atoms with van der Waals surface area (Å²) in [6, 6.07) is 16.6.